The van der Waals surface area contributed by atoms with Crippen LogP contribution in [-0.2, 0) is 17.7 Å². The highest BCUT2D eigenvalue weighted by atomic mass is 79.9. The molecule has 4 nitrogen and oxygen atoms in total. The lowest BCUT2D eigenvalue weighted by molar-refractivity contribution is 0.182. The third kappa shape index (κ3) is 5.54. The van der Waals surface area contributed by atoms with Gasteiger partial charge in [0.2, 0.25) is 0 Å². The highest BCUT2D eigenvalue weighted by molar-refractivity contribution is 9.10. The van der Waals surface area contributed by atoms with E-state index in [0.29, 0.717) is 18.6 Å². The maximum atomic E-state index is 5.14. The van der Waals surface area contributed by atoms with Gasteiger partial charge in [-0.25, -0.2) is 0 Å². The second-order valence-electron chi connectivity index (χ2n) is 5.50. The Morgan fingerprint density at radius 2 is 2.20 bits per heavy atom. The molecule has 0 saturated heterocycles. The minimum Gasteiger partial charge on any atom is -0.383 e. The van der Waals surface area contributed by atoms with Crippen molar-refractivity contribution < 1.29 is 4.74 Å². The first-order chi connectivity index (χ1) is 9.60. The van der Waals surface area contributed by atoms with Crippen molar-refractivity contribution in [2.45, 2.75) is 52.6 Å². The van der Waals surface area contributed by atoms with Gasteiger partial charge in [-0.05, 0) is 47.7 Å². The molecule has 0 aliphatic carbocycles. The molecule has 0 amide bonds. The number of nitrogens with one attached hydrogen (secondary N) is 1. The molecule has 5 heteroatoms. The Morgan fingerprint density at radius 1 is 1.45 bits per heavy atom. The standard InChI is InChI=1S/C15H28BrN3O/c1-5-8-17-14(12(2)3)6-7-15-13(16)11-18-19(15)9-10-20-4/h11-12,14,17H,5-10H2,1-4H3. The molecule has 0 spiro atoms. The molecule has 0 aliphatic heterocycles. The Hall–Kier alpha value is -0.390. The molecule has 116 valence electrons. The van der Waals surface area contributed by atoms with E-state index in [9.17, 15) is 0 Å². The molecule has 1 unspecified atom stereocenters. The number of hydrogen-bond acceptors (Lipinski definition) is 3. The van der Waals surface area contributed by atoms with E-state index in [-0.39, 0.29) is 0 Å². The van der Waals surface area contributed by atoms with Crippen molar-refractivity contribution in [3.05, 3.63) is 16.4 Å². The van der Waals surface area contributed by atoms with Crippen molar-refractivity contribution in [2.75, 3.05) is 20.3 Å². The molecule has 1 rings (SSSR count). The van der Waals surface area contributed by atoms with E-state index in [4.69, 9.17) is 4.74 Å². The topological polar surface area (TPSA) is 39.1 Å². The average Bonchev–Trinajstić information content (AvgIpc) is 2.77. The van der Waals surface area contributed by atoms with E-state index in [0.717, 1.165) is 30.4 Å². The summed E-state index contributed by atoms with van der Waals surface area (Å²) in [6.07, 6.45) is 5.23. The first-order valence-corrected chi connectivity index (χ1v) is 8.31. The quantitative estimate of drug-likeness (QED) is 0.707. The summed E-state index contributed by atoms with van der Waals surface area (Å²) in [4.78, 5) is 0. The average molecular weight is 346 g/mol. The van der Waals surface area contributed by atoms with Crippen LogP contribution in [0.25, 0.3) is 0 Å². The van der Waals surface area contributed by atoms with E-state index in [1.165, 1.54) is 12.1 Å². The second kappa shape index (κ2) is 9.53. The van der Waals surface area contributed by atoms with Crippen LogP contribution in [-0.4, -0.2) is 36.1 Å². The summed E-state index contributed by atoms with van der Waals surface area (Å²) in [7, 11) is 1.72. The lowest BCUT2D eigenvalue weighted by Crippen LogP contribution is -2.35. The molecule has 0 bridgehead atoms. The van der Waals surface area contributed by atoms with Gasteiger partial charge in [0.15, 0.2) is 0 Å². The van der Waals surface area contributed by atoms with Crippen LogP contribution < -0.4 is 5.32 Å². The van der Waals surface area contributed by atoms with Crippen LogP contribution >= 0.6 is 15.9 Å². The minimum atomic E-state index is 0.563. The Bertz CT molecular complexity index is 379. The number of ether oxygens (including phenoxy) is 1. The summed E-state index contributed by atoms with van der Waals surface area (Å²) >= 11 is 3.60. The molecule has 0 radical (unpaired) electrons. The zero-order chi connectivity index (χ0) is 15.0. The fourth-order valence-corrected chi connectivity index (χ4v) is 2.79. The number of halogens is 1. The maximum absolute atomic E-state index is 5.14. The van der Waals surface area contributed by atoms with Crippen molar-refractivity contribution in [1.29, 1.82) is 0 Å². The summed E-state index contributed by atoms with van der Waals surface area (Å²) in [6.45, 7) is 9.37. The van der Waals surface area contributed by atoms with E-state index >= 15 is 0 Å². The monoisotopic (exact) mass is 345 g/mol. The third-order valence-corrected chi connectivity index (χ3v) is 4.22. The van der Waals surface area contributed by atoms with Crippen molar-refractivity contribution in [3.8, 4) is 0 Å². The lowest BCUT2D eigenvalue weighted by atomic mass is 9.98. The van der Waals surface area contributed by atoms with Gasteiger partial charge < -0.3 is 10.1 Å². The second-order valence-corrected chi connectivity index (χ2v) is 6.35. The molecular weight excluding hydrogens is 318 g/mol. The Labute approximate surface area is 131 Å². The molecule has 1 atom stereocenters. The van der Waals surface area contributed by atoms with Gasteiger partial charge in [-0.15, -0.1) is 0 Å². The van der Waals surface area contributed by atoms with Gasteiger partial charge >= 0.3 is 0 Å². The van der Waals surface area contributed by atoms with Gasteiger partial charge in [0.1, 0.15) is 0 Å². The number of hydrogen-bond donors (Lipinski definition) is 1. The van der Waals surface area contributed by atoms with Crippen LogP contribution in [0.2, 0.25) is 0 Å². The van der Waals surface area contributed by atoms with E-state index in [1.807, 2.05) is 10.9 Å². The minimum absolute atomic E-state index is 0.563. The van der Waals surface area contributed by atoms with Crippen molar-refractivity contribution in [1.82, 2.24) is 15.1 Å². The van der Waals surface area contributed by atoms with Crippen LogP contribution in [0.1, 0.15) is 39.3 Å². The fourth-order valence-electron chi connectivity index (χ4n) is 2.30. The normalized spacial score (nSPS) is 13.1. The van der Waals surface area contributed by atoms with Crippen LogP contribution in [0, 0.1) is 5.92 Å². The van der Waals surface area contributed by atoms with Gasteiger partial charge in [0.05, 0.1) is 29.5 Å². The predicted octanol–water partition coefficient (Wildman–Crippen LogP) is 3.25. The lowest BCUT2D eigenvalue weighted by Gasteiger charge is -2.22. The predicted molar refractivity (Wildman–Crippen MR) is 87.0 cm³/mol. The van der Waals surface area contributed by atoms with E-state index < -0.39 is 0 Å². The molecule has 0 saturated carbocycles. The molecule has 20 heavy (non-hydrogen) atoms. The SMILES string of the molecule is CCCNC(CCc1c(Br)cnn1CCOC)C(C)C. The molecule has 0 aromatic carbocycles. The molecule has 1 aromatic heterocycles. The zero-order valence-corrected chi connectivity index (χ0v) is 14.7. The van der Waals surface area contributed by atoms with Crippen LogP contribution in [0.5, 0.6) is 0 Å². The van der Waals surface area contributed by atoms with Crippen LogP contribution in [0.15, 0.2) is 10.7 Å². The molecule has 1 aromatic rings. The highest BCUT2D eigenvalue weighted by Crippen LogP contribution is 2.20. The van der Waals surface area contributed by atoms with E-state index in [2.05, 4.69) is 47.1 Å². The van der Waals surface area contributed by atoms with E-state index in [1.54, 1.807) is 7.11 Å². The van der Waals surface area contributed by atoms with Gasteiger partial charge in [0.25, 0.3) is 0 Å². The molecule has 0 fully saturated rings. The zero-order valence-electron chi connectivity index (χ0n) is 13.2. The largest absolute Gasteiger partial charge is 0.383 e. The van der Waals surface area contributed by atoms with Crippen LogP contribution in [0.4, 0.5) is 0 Å². The Kier molecular flexibility index (Phi) is 8.41. The smallest absolute Gasteiger partial charge is 0.0658 e. The molecular formula is C15H28BrN3O. The maximum Gasteiger partial charge on any atom is 0.0658 e. The summed E-state index contributed by atoms with van der Waals surface area (Å²) in [5.41, 5.74) is 1.27. The number of rotatable bonds is 10. The van der Waals surface area contributed by atoms with Crippen molar-refractivity contribution >= 4 is 15.9 Å². The van der Waals surface area contributed by atoms with Crippen LogP contribution in [0.3, 0.4) is 0 Å². The van der Waals surface area contributed by atoms with Gasteiger partial charge in [-0.1, -0.05) is 20.8 Å². The van der Waals surface area contributed by atoms with Crippen molar-refractivity contribution in [3.63, 3.8) is 0 Å². The highest BCUT2D eigenvalue weighted by Gasteiger charge is 2.15. The van der Waals surface area contributed by atoms with Gasteiger partial charge in [0, 0.05) is 13.2 Å². The molecule has 1 N–H and O–H groups in total. The number of methoxy groups -OCH3 is 1. The number of aromatic nitrogens is 2. The Balaban J connectivity index is 2.59. The Morgan fingerprint density at radius 3 is 2.80 bits per heavy atom. The summed E-state index contributed by atoms with van der Waals surface area (Å²) in [6, 6.07) is 0.563. The number of nitrogens with zero attached hydrogens (tertiary/aromatic N) is 2. The third-order valence-electron chi connectivity index (χ3n) is 3.56. The van der Waals surface area contributed by atoms with Crippen molar-refractivity contribution in [2.24, 2.45) is 5.92 Å². The van der Waals surface area contributed by atoms with Gasteiger partial charge in [-0.3, -0.25) is 4.68 Å². The molecule has 0 aliphatic rings. The van der Waals surface area contributed by atoms with Gasteiger partial charge in [-0.2, -0.15) is 5.10 Å². The molecule has 1 heterocycles. The first kappa shape index (κ1) is 17.7. The first-order valence-electron chi connectivity index (χ1n) is 7.52. The fraction of sp³-hybridized carbons (Fsp3) is 0.800. The summed E-state index contributed by atoms with van der Waals surface area (Å²) in [5, 5.41) is 8.05. The summed E-state index contributed by atoms with van der Waals surface area (Å²) in [5.74, 6) is 0.649. The summed E-state index contributed by atoms with van der Waals surface area (Å²) < 4.78 is 8.29.